The number of hydrogen-bond donors (Lipinski definition) is 1. The molecule has 0 unspecified atom stereocenters. The largest absolute Gasteiger partial charge is 0.419 e. The van der Waals surface area contributed by atoms with Crippen molar-refractivity contribution in [3.8, 4) is 6.07 Å². The van der Waals surface area contributed by atoms with E-state index in [0.29, 0.717) is 25.9 Å². The zero-order valence-electron chi connectivity index (χ0n) is 14.6. The number of likely N-dealkylation sites (tertiary alicyclic amines) is 1. The Bertz CT molecular complexity index is 819. The van der Waals surface area contributed by atoms with Gasteiger partial charge in [0.15, 0.2) is 0 Å². The summed E-state index contributed by atoms with van der Waals surface area (Å²) in [6.07, 6.45) is -3.84. The maximum Gasteiger partial charge on any atom is 0.419 e. The highest BCUT2D eigenvalue weighted by Crippen LogP contribution is 2.34. The topological polar surface area (TPSA) is 39.1 Å². The molecule has 0 aliphatic carbocycles. The fourth-order valence-electron chi connectivity index (χ4n) is 3.30. The van der Waals surface area contributed by atoms with Crippen molar-refractivity contribution in [1.82, 2.24) is 4.90 Å². The Balaban J connectivity index is 1.69. The first-order valence-corrected chi connectivity index (χ1v) is 8.64. The van der Waals surface area contributed by atoms with Crippen LogP contribution in [-0.2, 0) is 12.7 Å². The van der Waals surface area contributed by atoms with E-state index >= 15 is 0 Å². The van der Waals surface area contributed by atoms with Gasteiger partial charge < -0.3 is 5.32 Å². The molecule has 2 aromatic carbocycles. The molecule has 3 rings (SSSR count). The number of hydrogen-bond acceptors (Lipinski definition) is 3. The van der Waals surface area contributed by atoms with Crippen LogP contribution in [0.5, 0.6) is 0 Å². The van der Waals surface area contributed by atoms with E-state index in [9.17, 15) is 22.8 Å². The minimum absolute atomic E-state index is 0.0989. The molecular weight excluding hydrogens is 358 g/mol. The van der Waals surface area contributed by atoms with Gasteiger partial charge in [-0.3, -0.25) is 4.90 Å². The van der Waals surface area contributed by atoms with Crippen LogP contribution in [0.25, 0.3) is 0 Å². The first-order chi connectivity index (χ1) is 12.8. The molecule has 1 heterocycles. The number of rotatable bonds is 4. The van der Waals surface area contributed by atoms with Crippen LogP contribution in [-0.4, -0.2) is 23.5 Å². The number of alkyl halides is 3. The number of halogens is 4. The van der Waals surface area contributed by atoms with Gasteiger partial charge in [-0.15, -0.1) is 0 Å². The quantitative estimate of drug-likeness (QED) is 0.777. The van der Waals surface area contributed by atoms with Crippen LogP contribution >= 0.6 is 0 Å². The smallest absolute Gasteiger partial charge is 0.367 e. The monoisotopic (exact) mass is 377 g/mol. The summed E-state index contributed by atoms with van der Waals surface area (Å²) < 4.78 is 52.2. The Morgan fingerprint density at radius 3 is 2.33 bits per heavy atom. The van der Waals surface area contributed by atoms with Crippen LogP contribution < -0.4 is 5.32 Å². The van der Waals surface area contributed by atoms with E-state index in [1.807, 2.05) is 30.3 Å². The predicted molar refractivity (Wildman–Crippen MR) is 94.3 cm³/mol. The number of anilines is 1. The van der Waals surface area contributed by atoms with Crippen molar-refractivity contribution in [3.63, 3.8) is 0 Å². The summed E-state index contributed by atoms with van der Waals surface area (Å²) in [5.41, 5.74) is -1.03. The highest BCUT2D eigenvalue weighted by Gasteiger charge is 2.37. The number of piperidine rings is 1. The van der Waals surface area contributed by atoms with Crippen LogP contribution in [0.2, 0.25) is 0 Å². The molecule has 1 aliphatic rings. The second-order valence-corrected chi connectivity index (χ2v) is 6.77. The molecule has 0 spiro atoms. The Morgan fingerprint density at radius 1 is 1.07 bits per heavy atom. The van der Waals surface area contributed by atoms with Crippen molar-refractivity contribution >= 4 is 5.69 Å². The van der Waals surface area contributed by atoms with Gasteiger partial charge in [0, 0.05) is 25.3 Å². The third kappa shape index (κ3) is 4.58. The molecule has 0 amide bonds. The third-order valence-electron chi connectivity index (χ3n) is 4.83. The average Bonchev–Trinajstić information content (AvgIpc) is 2.65. The molecule has 2 aromatic rings. The minimum atomic E-state index is -4.78. The summed E-state index contributed by atoms with van der Waals surface area (Å²) >= 11 is 0. The zero-order chi connectivity index (χ0) is 19.5. The third-order valence-corrected chi connectivity index (χ3v) is 4.83. The summed E-state index contributed by atoms with van der Waals surface area (Å²) in [6, 6.07) is 14.9. The summed E-state index contributed by atoms with van der Waals surface area (Å²) in [5, 5.41) is 12.5. The Hall–Kier alpha value is -2.59. The van der Waals surface area contributed by atoms with Crippen molar-refractivity contribution in [3.05, 3.63) is 65.5 Å². The van der Waals surface area contributed by atoms with Gasteiger partial charge in [-0.05, 0) is 36.6 Å². The average molecular weight is 377 g/mol. The highest BCUT2D eigenvalue weighted by atomic mass is 19.4. The Labute approximate surface area is 155 Å². The summed E-state index contributed by atoms with van der Waals surface area (Å²) in [5.74, 6) is -1.32. The molecule has 3 nitrogen and oxygen atoms in total. The van der Waals surface area contributed by atoms with Crippen molar-refractivity contribution in [2.24, 2.45) is 0 Å². The lowest BCUT2D eigenvalue weighted by Gasteiger charge is -2.38. The van der Waals surface area contributed by atoms with Crippen LogP contribution in [0.1, 0.15) is 24.0 Å². The standard InChI is InChI=1S/C20H19F4N3/c21-18-7-6-16(12-17(18)20(22,23)24)26-19(14-25)8-10-27(11-9-19)13-15-4-2-1-3-5-15/h1-7,12,26H,8-11,13H2. The summed E-state index contributed by atoms with van der Waals surface area (Å²) in [4.78, 5) is 2.21. The van der Waals surface area contributed by atoms with E-state index in [-0.39, 0.29) is 5.69 Å². The molecule has 0 atom stereocenters. The molecule has 27 heavy (non-hydrogen) atoms. The number of nitrogens with one attached hydrogen (secondary N) is 1. The molecule has 0 bridgehead atoms. The van der Waals surface area contributed by atoms with E-state index in [1.54, 1.807) is 0 Å². The Morgan fingerprint density at radius 2 is 1.74 bits per heavy atom. The highest BCUT2D eigenvalue weighted by molar-refractivity contribution is 5.51. The van der Waals surface area contributed by atoms with Gasteiger partial charge in [0.25, 0.3) is 0 Å². The SMILES string of the molecule is N#CC1(Nc2ccc(F)c(C(F)(F)F)c2)CCN(Cc2ccccc2)CC1. The molecule has 1 N–H and O–H groups in total. The number of benzene rings is 2. The maximum absolute atomic E-state index is 13.5. The van der Waals surface area contributed by atoms with Gasteiger partial charge in [-0.2, -0.15) is 18.4 Å². The summed E-state index contributed by atoms with van der Waals surface area (Å²) in [7, 11) is 0. The predicted octanol–water partition coefficient (Wildman–Crippen LogP) is 4.81. The van der Waals surface area contributed by atoms with Gasteiger partial charge >= 0.3 is 6.18 Å². The minimum Gasteiger partial charge on any atom is -0.367 e. The zero-order valence-corrected chi connectivity index (χ0v) is 14.6. The number of nitriles is 1. The van der Waals surface area contributed by atoms with Gasteiger partial charge in [0.1, 0.15) is 11.4 Å². The molecule has 1 aliphatic heterocycles. The van der Waals surface area contributed by atoms with Gasteiger partial charge in [-0.1, -0.05) is 30.3 Å². The molecular formula is C20H19F4N3. The maximum atomic E-state index is 13.5. The van der Waals surface area contributed by atoms with Crippen molar-refractivity contribution in [2.45, 2.75) is 31.1 Å². The first-order valence-electron chi connectivity index (χ1n) is 8.64. The lowest BCUT2D eigenvalue weighted by atomic mass is 9.88. The van der Waals surface area contributed by atoms with E-state index < -0.39 is 23.1 Å². The van der Waals surface area contributed by atoms with Crippen LogP contribution in [0, 0.1) is 17.1 Å². The summed E-state index contributed by atoms with van der Waals surface area (Å²) in [6.45, 7) is 2.04. The molecule has 0 aromatic heterocycles. The molecule has 1 fully saturated rings. The lowest BCUT2D eigenvalue weighted by molar-refractivity contribution is -0.139. The van der Waals surface area contributed by atoms with E-state index in [4.69, 9.17) is 0 Å². The van der Waals surface area contributed by atoms with E-state index in [2.05, 4.69) is 16.3 Å². The lowest BCUT2D eigenvalue weighted by Crippen LogP contribution is -2.48. The molecule has 1 saturated heterocycles. The van der Waals surface area contributed by atoms with Crippen LogP contribution in [0.15, 0.2) is 48.5 Å². The van der Waals surface area contributed by atoms with Crippen LogP contribution in [0.3, 0.4) is 0 Å². The van der Waals surface area contributed by atoms with Gasteiger partial charge in [0.05, 0.1) is 11.6 Å². The Kier molecular flexibility index (Phi) is 5.38. The molecule has 0 radical (unpaired) electrons. The fourth-order valence-corrected chi connectivity index (χ4v) is 3.30. The normalized spacial score (nSPS) is 17.3. The van der Waals surface area contributed by atoms with Gasteiger partial charge in [-0.25, -0.2) is 4.39 Å². The van der Waals surface area contributed by atoms with Crippen LogP contribution in [0.4, 0.5) is 23.2 Å². The van der Waals surface area contributed by atoms with Gasteiger partial charge in [0.2, 0.25) is 0 Å². The van der Waals surface area contributed by atoms with Crippen molar-refractivity contribution in [1.29, 1.82) is 5.26 Å². The number of nitrogens with zero attached hydrogens (tertiary/aromatic N) is 2. The molecule has 142 valence electrons. The fraction of sp³-hybridized carbons (Fsp3) is 0.350. The second kappa shape index (κ2) is 7.57. The second-order valence-electron chi connectivity index (χ2n) is 6.77. The molecule has 0 saturated carbocycles. The molecule has 7 heteroatoms. The van der Waals surface area contributed by atoms with Crippen molar-refractivity contribution < 1.29 is 17.6 Å². The first kappa shape index (κ1) is 19.2. The van der Waals surface area contributed by atoms with E-state index in [0.717, 1.165) is 18.7 Å². The van der Waals surface area contributed by atoms with E-state index in [1.165, 1.54) is 11.6 Å². The van der Waals surface area contributed by atoms with Crippen molar-refractivity contribution in [2.75, 3.05) is 18.4 Å².